The number of nitrogens with two attached hydrogens (primary N) is 1. The average molecular weight is 327 g/mol. The first-order valence-electron chi connectivity index (χ1n) is 7.07. The summed E-state index contributed by atoms with van der Waals surface area (Å²) in [6.45, 7) is 3.90. The van der Waals surface area contributed by atoms with Crippen LogP contribution in [0, 0.1) is 13.8 Å². The third kappa shape index (κ3) is 2.83. The first-order valence-corrected chi connectivity index (χ1v) is 7.44. The number of benzene rings is 2. The Morgan fingerprint density at radius 1 is 1.13 bits per heavy atom. The van der Waals surface area contributed by atoms with Gasteiger partial charge in [-0.2, -0.15) is 0 Å². The van der Waals surface area contributed by atoms with Crippen molar-refractivity contribution in [2.24, 2.45) is 5.73 Å². The van der Waals surface area contributed by atoms with Gasteiger partial charge in [0.05, 0.1) is 5.69 Å². The first-order chi connectivity index (χ1) is 11.0. The Labute approximate surface area is 138 Å². The zero-order valence-corrected chi connectivity index (χ0v) is 13.5. The van der Waals surface area contributed by atoms with Gasteiger partial charge in [0, 0.05) is 10.6 Å². The lowest BCUT2D eigenvalue weighted by molar-refractivity contribution is 0.0990. The van der Waals surface area contributed by atoms with Gasteiger partial charge < -0.3 is 5.73 Å². The zero-order valence-electron chi connectivity index (χ0n) is 12.7. The van der Waals surface area contributed by atoms with Gasteiger partial charge in [-0.25, -0.2) is 9.67 Å². The van der Waals surface area contributed by atoms with Crippen molar-refractivity contribution in [3.63, 3.8) is 0 Å². The molecule has 3 aromatic rings. The molecule has 23 heavy (non-hydrogen) atoms. The van der Waals surface area contributed by atoms with Gasteiger partial charge in [0.1, 0.15) is 0 Å². The van der Waals surface area contributed by atoms with E-state index in [1.165, 1.54) is 0 Å². The van der Waals surface area contributed by atoms with Crippen molar-refractivity contribution in [1.29, 1.82) is 0 Å². The number of rotatable bonds is 3. The van der Waals surface area contributed by atoms with E-state index in [0.29, 0.717) is 10.8 Å². The summed E-state index contributed by atoms with van der Waals surface area (Å²) in [5.41, 5.74) is 8.92. The van der Waals surface area contributed by atoms with Gasteiger partial charge in [-0.15, -0.1) is 5.10 Å². The Kier molecular flexibility index (Phi) is 3.88. The van der Waals surface area contributed by atoms with Crippen LogP contribution in [0.4, 0.5) is 0 Å². The Bertz CT molecular complexity index is 884. The Hall–Kier alpha value is -2.66. The summed E-state index contributed by atoms with van der Waals surface area (Å²) in [5, 5.41) is 4.87. The SMILES string of the molecule is Cc1ccc(-c2nc(C(N)=O)nn2-c2cccc(Cl)c2C)cc1. The summed E-state index contributed by atoms with van der Waals surface area (Å²) in [6, 6.07) is 13.3. The van der Waals surface area contributed by atoms with Crippen molar-refractivity contribution in [3.8, 4) is 17.1 Å². The summed E-state index contributed by atoms with van der Waals surface area (Å²) in [7, 11) is 0. The largest absolute Gasteiger partial charge is 0.363 e. The number of amides is 1. The van der Waals surface area contributed by atoms with Crippen molar-refractivity contribution in [2.45, 2.75) is 13.8 Å². The van der Waals surface area contributed by atoms with Gasteiger partial charge in [-0.1, -0.05) is 47.5 Å². The molecule has 2 aromatic carbocycles. The second kappa shape index (κ2) is 5.85. The van der Waals surface area contributed by atoms with Crippen molar-refractivity contribution < 1.29 is 4.79 Å². The third-order valence-corrected chi connectivity index (χ3v) is 4.01. The molecule has 0 fully saturated rings. The van der Waals surface area contributed by atoms with Crippen molar-refractivity contribution in [2.75, 3.05) is 0 Å². The fraction of sp³-hybridized carbons (Fsp3) is 0.118. The van der Waals surface area contributed by atoms with E-state index in [1.807, 2.05) is 50.2 Å². The fourth-order valence-electron chi connectivity index (χ4n) is 2.30. The molecule has 0 atom stereocenters. The number of halogens is 1. The van der Waals surface area contributed by atoms with E-state index in [9.17, 15) is 4.79 Å². The fourth-order valence-corrected chi connectivity index (χ4v) is 2.47. The molecule has 0 aliphatic rings. The molecule has 1 heterocycles. The molecule has 0 saturated heterocycles. The monoisotopic (exact) mass is 326 g/mol. The maximum absolute atomic E-state index is 11.5. The van der Waals surface area contributed by atoms with E-state index in [4.69, 9.17) is 17.3 Å². The molecule has 3 rings (SSSR count). The van der Waals surface area contributed by atoms with Gasteiger partial charge in [-0.05, 0) is 31.5 Å². The minimum absolute atomic E-state index is 0.0278. The van der Waals surface area contributed by atoms with E-state index in [-0.39, 0.29) is 5.82 Å². The van der Waals surface area contributed by atoms with Crippen LogP contribution in [0.15, 0.2) is 42.5 Å². The van der Waals surface area contributed by atoms with Gasteiger partial charge >= 0.3 is 0 Å². The lowest BCUT2D eigenvalue weighted by atomic mass is 10.1. The number of primary amides is 1. The molecule has 5 nitrogen and oxygen atoms in total. The van der Waals surface area contributed by atoms with Gasteiger partial charge in [0.2, 0.25) is 5.82 Å². The second-order valence-electron chi connectivity index (χ2n) is 5.29. The smallest absolute Gasteiger partial charge is 0.288 e. The summed E-state index contributed by atoms with van der Waals surface area (Å²) in [5.74, 6) is -0.152. The molecule has 116 valence electrons. The number of aromatic nitrogens is 3. The summed E-state index contributed by atoms with van der Waals surface area (Å²) >= 11 is 6.20. The Morgan fingerprint density at radius 3 is 2.48 bits per heavy atom. The summed E-state index contributed by atoms with van der Waals surface area (Å²) in [4.78, 5) is 15.8. The van der Waals surface area contributed by atoms with Crippen molar-refractivity contribution in [1.82, 2.24) is 14.8 Å². The van der Waals surface area contributed by atoms with Crippen LogP contribution >= 0.6 is 11.6 Å². The molecule has 0 radical (unpaired) electrons. The Balaban J connectivity index is 2.25. The molecule has 0 bridgehead atoms. The van der Waals surface area contributed by atoms with Gasteiger partial charge in [-0.3, -0.25) is 4.79 Å². The minimum Gasteiger partial charge on any atom is -0.363 e. The predicted molar refractivity (Wildman–Crippen MR) is 89.8 cm³/mol. The number of hydrogen-bond donors (Lipinski definition) is 1. The number of nitrogens with zero attached hydrogens (tertiary/aromatic N) is 3. The van der Waals surface area contributed by atoms with Gasteiger partial charge in [0.15, 0.2) is 5.82 Å². The lowest BCUT2D eigenvalue weighted by Gasteiger charge is -2.10. The molecule has 0 unspecified atom stereocenters. The van der Waals surface area contributed by atoms with Crippen LogP contribution in [0.1, 0.15) is 21.7 Å². The molecular formula is C17H15ClN4O. The van der Waals surface area contributed by atoms with Crippen LogP contribution in [0.25, 0.3) is 17.1 Å². The highest BCUT2D eigenvalue weighted by Crippen LogP contribution is 2.26. The number of hydrogen-bond acceptors (Lipinski definition) is 3. The summed E-state index contributed by atoms with van der Waals surface area (Å²) < 4.78 is 1.60. The second-order valence-corrected chi connectivity index (χ2v) is 5.69. The van der Waals surface area contributed by atoms with Crippen LogP contribution in [0.5, 0.6) is 0 Å². The zero-order chi connectivity index (χ0) is 16.6. The van der Waals surface area contributed by atoms with E-state index in [1.54, 1.807) is 10.7 Å². The molecule has 0 aliphatic carbocycles. The summed E-state index contributed by atoms with van der Waals surface area (Å²) in [6.07, 6.45) is 0. The molecule has 6 heteroatoms. The normalized spacial score (nSPS) is 10.7. The lowest BCUT2D eigenvalue weighted by Crippen LogP contribution is -2.13. The topological polar surface area (TPSA) is 73.8 Å². The Morgan fingerprint density at radius 2 is 1.83 bits per heavy atom. The molecular weight excluding hydrogens is 312 g/mol. The molecule has 0 saturated carbocycles. The van der Waals surface area contributed by atoms with Crippen LogP contribution in [0.3, 0.4) is 0 Å². The van der Waals surface area contributed by atoms with E-state index >= 15 is 0 Å². The molecule has 0 spiro atoms. The van der Waals surface area contributed by atoms with E-state index in [2.05, 4.69) is 10.1 Å². The average Bonchev–Trinajstić information content (AvgIpc) is 2.96. The van der Waals surface area contributed by atoms with Crippen LogP contribution in [0.2, 0.25) is 5.02 Å². The van der Waals surface area contributed by atoms with Crippen molar-refractivity contribution >= 4 is 17.5 Å². The maximum atomic E-state index is 11.5. The van der Waals surface area contributed by atoms with Crippen LogP contribution < -0.4 is 5.73 Å². The molecule has 1 amide bonds. The van der Waals surface area contributed by atoms with Crippen molar-refractivity contribution in [3.05, 3.63) is 64.4 Å². The highest BCUT2D eigenvalue weighted by molar-refractivity contribution is 6.31. The predicted octanol–water partition coefficient (Wildman–Crippen LogP) is 3.30. The number of carbonyl (C=O) groups is 1. The molecule has 0 aliphatic heterocycles. The van der Waals surface area contributed by atoms with Gasteiger partial charge in [0.25, 0.3) is 5.91 Å². The maximum Gasteiger partial charge on any atom is 0.288 e. The number of aryl methyl sites for hydroxylation is 1. The standard InChI is InChI=1S/C17H15ClN4O/c1-10-6-8-12(9-7-10)17-20-16(15(19)23)21-22(17)14-5-3-4-13(18)11(14)2/h3-9H,1-2H3,(H2,19,23). The van der Waals surface area contributed by atoms with Crippen LogP contribution in [-0.2, 0) is 0 Å². The number of carbonyl (C=O) groups excluding carboxylic acids is 1. The molecule has 2 N–H and O–H groups in total. The third-order valence-electron chi connectivity index (χ3n) is 3.60. The van der Waals surface area contributed by atoms with E-state index in [0.717, 1.165) is 22.4 Å². The molecule has 1 aromatic heterocycles. The quantitative estimate of drug-likeness (QED) is 0.802. The van der Waals surface area contributed by atoms with Crippen LogP contribution in [-0.4, -0.2) is 20.7 Å². The first kappa shape index (κ1) is 15.2. The van der Waals surface area contributed by atoms with E-state index < -0.39 is 5.91 Å². The highest BCUT2D eigenvalue weighted by atomic mass is 35.5. The highest BCUT2D eigenvalue weighted by Gasteiger charge is 2.18. The minimum atomic E-state index is -0.670.